The summed E-state index contributed by atoms with van der Waals surface area (Å²) in [4.78, 5) is 32.0. The summed E-state index contributed by atoms with van der Waals surface area (Å²) < 4.78 is 0. The Labute approximate surface area is 152 Å². The van der Waals surface area contributed by atoms with E-state index in [-0.39, 0.29) is 11.7 Å². The number of Topliss-reactive ketones (excluding diaryl/α,β-unsaturated/α-hetero) is 1. The van der Waals surface area contributed by atoms with Crippen molar-refractivity contribution in [2.75, 3.05) is 17.2 Å². The lowest BCUT2D eigenvalue weighted by atomic mass is 10.1. The standard InChI is InChI=1S/C18H21ClN4O2/c1-11-9-12(2)22-18(21-11)20-8-4-5-17(25)23-16-10-14(13(3)24)6-7-15(16)19/h6-7,9-10H,4-5,8H2,1-3H3,(H,23,25)(H,20,21,22). The lowest BCUT2D eigenvalue weighted by Crippen LogP contribution is -2.15. The minimum Gasteiger partial charge on any atom is -0.354 e. The fourth-order valence-electron chi connectivity index (χ4n) is 2.31. The Kier molecular flexibility index (Phi) is 6.47. The maximum Gasteiger partial charge on any atom is 0.224 e. The van der Waals surface area contributed by atoms with Crippen molar-refractivity contribution in [2.45, 2.75) is 33.6 Å². The van der Waals surface area contributed by atoms with Crippen molar-refractivity contribution in [1.29, 1.82) is 0 Å². The van der Waals surface area contributed by atoms with Gasteiger partial charge >= 0.3 is 0 Å². The first-order valence-corrected chi connectivity index (χ1v) is 8.39. The summed E-state index contributed by atoms with van der Waals surface area (Å²) in [7, 11) is 0. The summed E-state index contributed by atoms with van der Waals surface area (Å²) in [6.45, 7) is 5.87. The number of benzene rings is 1. The van der Waals surface area contributed by atoms with Crippen LogP contribution in [0.15, 0.2) is 24.3 Å². The van der Waals surface area contributed by atoms with Crippen molar-refractivity contribution in [2.24, 2.45) is 0 Å². The van der Waals surface area contributed by atoms with Gasteiger partial charge in [0.2, 0.25) is 11.9 Å². The maximum atomic E-state index is 12.1. The topological polar surface area (TPSA) is 84.0 Å². The predicted molar refractivity (Wildman–Crippen MR) is 99.3 cm³/mol. The third-order valence-corrected chi connectivity index (χ3v) is 3.82. The van der Waals surface area contributed by atoms with E-state index in [1.165, 1.54) is 6.92 Å². The Balaban J connectivity index is 1.83. The maximum absolute atomic E-state index is 12.1. The van der Waals surface area contributed by atoms with Crippen LogP contribution >= 0.6 is 11.6 Å². The number of hydrogen-bond donors (Lipinski definition) is 2. The average molecular weight is 361 g/mol. The molecule has 1 aromatic carbocycles. The molecule has 25 heavy (non-hydrogen) atoms. The number of nitrogens with zero attached hydrogens (tertiary/aromatic N) is 2. The molecule has 0 aliphatic carbocycles. The predicted octanol–water partition coefficient (Wildman–Crippen LogP) is 3.78. The number of nitrogens with one attached hydrogen (secondary N) is 2. The number of hydrogen-bond acceptors (Lipinski definition) is 5. The molecule has 0 fully saturated rings. The van der Waals surface area contributed by atoms with Crippen LogP contribution in [0.3, 0.4) is 0 Å². The molecule has 0 saturated carbocycles. The third-order valence-electron chi connectivity index (χ3n) is 3.49. The van der Waals surface area contributed by atoms with Gasteiger partial charge in [-0.3, -0.25) is 9.59 Å². The molecular formula is C18H21ClN4O2. The molecule has 0 aliphatic rings. The van der Waals surface area contributed by atoms with Gasteiger partial charge in [0.15, 0.2) is 5.78 Å². The number of rotatable bonds is 7. The van der Waals surface area contributed by atoms with Gasteiger partial charge in [0, 0.05) is 29.9 Å². The van der Waals surface area contributed by atoms with Crippen molar-refractivity contribution in [3.63, 3.8) is 0 Å². The number of aryl methyl sites for hydroxylation is 2. The molecule has 0 radical (unpaired) electrons. The summed E-state index contributed by atoms with van der Waals surface area (Å²) in [6, 6.07) is 6.72. The Morgan fingerprint density at radius 3 is 2.44 bits per heavy atom. The zero-order chi connectivity index (χ0) is 18.4. The van der Waals surface area contributed by atoms with Crippen LogP contribution in [0.25, 0.3) is 0 Å². The third kappa shape index (κ3) is 5.83. The largest absolute Gasteiger partial charge is 0.354 e. The van der Waals surface area contributed by atoms with Gasteiger partial charge in [-0.2, -0.15) is 0 Å². The quantitative estimate of drug-likeness (QED) is 0.579. The molecule has 0 unspecified atom stereocenters. The van der Waals surface area contributed by atoms with Gasteiger partial charge in [-0.25, -0.2) is 9.97 Å². The molecule has 1 heterocycles. The van der Waals surface area contributed by atoms with E-state index in [1.807, 2.05) is 19.9 Å². The van der Waals surface area contributed by atoms with Crippen LogP contribution in [-0.2, 0) is 4.79 Å². The molecule has 0 atom stereocenters. The molecule has 2 N–H and O–H groups in total. The normalized spacial score (nSPS) is 10.4. The molecular weight excluding hydrogens is 340 g/mol. The van der Waals surface area contributed by atoms with Gasteiger partial charge in [-0.05, 0) is 51.5 Å². The summed E-state index contributed by atoms with van der Waals surface area (Å²) in [6.07, 6.45) is 0.935. The molecule has 2 rings (SSSR count). The van der Waals surface area contributed by atoms with E-state index < -0.39 is 0 Å². The minimum atomic E-state index is -0.161. The Morgan fingerprint density at radius 1 is 1.12 bits per heavy atom. The lowest BCUT2D eigenvalue weighted by Gasteiger charge is -2.09. The zero-order valence-electron chi connectivity index (χ0n) is 14.5. The van der Waals surface area contributed by atoms with Crippen molar-refractivity contribution in [3.8, 4) is 0 Å². The molecule has 6 nitrogen and oxygen atoms in total. The summed E-state index contributed by atoms with van der Waals surface area (Å²) in [5.41, 5.74) is 2.75. The highest BCUT2D eigenvalue weighted by atomic mass is 35.5. The average Bonchev–Trinajstić information content (AvgIpc) is 2.52. The molecule has 1 amide bonds. The van der Waals surface area contributed by atoms with Crippen LogP contribution in [0, 0.1) is 13.8 Å². The number of halogens is 1. The van der Waals surface area contributed by atoms with Crippen molar-refractivity contribution in [1.82, 2.24) is 9.97 Å². The van der Waals surface area contributed by atoms with Gasteiger partial charge in [0.1, 0.15) is 0 Å². The molecule has 1 aromatic heterocycles. The van der Waals surface area contributed by atoms with E-state index >= 15 is 0 Å². The molecule has 7 heteroatoms. The Morgan fingerprint density at radius 2 is 1.80 bits per heavy atom. The van der Waals surface area contributed by atoms with Gasteiger partial charge in [0.25, 0.3) is 0 Å². The smallest absolute Gasteiger partial charge is 0.224 e. The van der Waals surface area contributed by atoms with Gasteiger partial charge in [0.05, 0.1) is 10.7 Å². The first kappa shape index (κ1) is 18.9. The Bertz CT molecular complexity index is 772. The second-order valence-electron chi connectivity index (χ2n) is 5.80. The second kappa shape index (κ2) is 8.58. The van der Waals surface area contributed by atoms with Gasteiger partial charge < -0.3 is 10.6 Å². The monoisotopic (exact) mass is 360 g/mol. The van der Waals surface area contributed by atoms with E-state index in [4.69, 9.17) is 11.6 Å². The van der Waals surface area contributed by atoms with Crippen molar-refractivity contribution < 1.29 is 9.59 Å². The fourth-order valence-corrected chi connectivity index (χ4v) is 2.47. The first-order chi connectivity index (χ1) is 11.8. The summed E-state index contributed by atoms with van der Waals surface area (Å²) in [5, 5.41) is 6.25. The van der Waals surface area contributed by atoms with E-state index in [1.54, 1.807) is 18.2 Å². The number of anilines is 2. The number of aromatic nitrogens is 2. The molecule has 2 aromatic rings. The van der Waals surface area contributed by atoms with Crippen LogP contribution in [0.1, 0.15) is 41.5 Å². The first-order valence-electron chi connectivity index (χ1n) is 8.01. The van der Waals surface area contributed by atoms with E-state index in [9.17, 15) is 9.59 Å². The second-order valence-corrected chi connectivity index (χ2v) is 6.21. The molecule has 0 saturated heterocycles. The van der Waals surface area contributed by atoms with Crippen LogP contribution in [0.2, 0.25) is 5.02 Å². The highest BCUT2D eigenvalue weighted by Gasteiger charge is 2.09. The fraction of sp³-hybridized carbons (Fsp3) is 0.333. The van der Waals surface area contributed by atoms with Crippen LogP contribution in [-0.4, -0.2) is 28.2 Å². The molecule has 132 valence electrons. The van der Waals surface area contributed by atoms with Crippen molar-refractivity contribution in [3.05, 3.63) is 46.2 Å². The lowest BCUT2D eigenvalue weighted by molar-refractivity contribution is -0.116. The Hall–Kier alpha value is -2.47. The summed E-state index contributed by atoms with van der Waals surface area (Å²) >= 11 is 6.06. The zero-order valence-corrected chi connectivity index (χ0v) is 15.3. The van der Waals surface area contributed by atoms with E-state index in [0.29, 0.717) is 41.6 Å². The molecule has 0 spiro atoms. The number of carbonyl (C=O) groups is 2. The minimum absolute atomic E-state index is 0.0789. The van der Waals surface area contributed by atoms with Crippen molar-refractivity contribution >= 4 is 34.9 Å². The molecule has 0 aliphatic heterocycles. The van der Waals surface area contributed by atoms with E-state index in [0.717, 1.165) is 11.4 Å². The van der Waals surface area contributed by atoms with Crippen LogP contribution < -0.4 is 10.6 Å². The van der Waals surface area contributed by atoms with Gasteiger partial charge in [-0.1, -0.05) is 11.6 Å². The number of ketones is 1. The van der Waals surface area contributed by atoms with E-state index in [2.05, 4.69) is 20.6 Å². The number of carbonyl (C=O) groups excluding carboxylic acids is 2. The van der Waals surface area contributed by atoms with Gasteiger partial charge in [-0.15, -0.1) is 0 Å². The molecule has 0 bridgehead atoms. The summed E-state index contributed by atoms with van der Waals surface area (Å²) in [5.74, 6) is 0.325. The number of amides is 1. The van der Waals surface area contributed by atoms with Crippen LogP contribution in [0.5, 0.6) is 0 Å². The highest BCUT2D eigenvalue weighted by Crippen LogP contribution is 2.23. The van der Waals surface area contributed by atoms with Crippen LogP contribution in [0.4, 0.5) is 11.6 Å². The SMILES string of the molecule is CC(=O)c1ccc(Cl)c(NC(=O)CCCNc2nc(C)cc(C)n2)c1. The highest BCUT2D eigenvalue weighted by molar-refractivity contribution is 6.33.